The van der Waals surface area contributed by atoms with E-state index in [0.29, 0.717) is 27.4 Å². The van der Waals surface area contributed by atoms with E-state index in [1.165, 1.54) is 11.3 Å². The van der Waals surface area contributed by atoms with Crippen LogP contribution in [0.15, 0.2) is 54.6 Å². The number of benzene rings is 2. The third kappa shape index (κ3) is 3.71. The fourth-order valence-electron chi connectivity index (χ4n) is 3.81. The zero-order valence-electron chi connectivity index (χ0n) is 18.3. The molecule has 0 saturated heterocycles. The van der Waals surface area contributed by atoms with E-state index in [1.54, 1.807) is 14.2 Å². The number of ether oxygens (including phenoxy) is 2. The summed E-state index contributed by atoms with van der Waals surface area (Å²) in [6.07, 6.45) is 0. The van der Waals surface area contributed by atoms with Crippen molar-refractivity contribution < 1.29 is 14.3 Å². The summed E-state index contributed by atoms with van der Waals surface area (Å²) in [6, 6.07) is 17.6. The van der Waals surface area contributed by atoms with Gasteiger partial charge in [-0.2, -0.15) is 4.98 Å². The molecule has 0 aliphatic rings. The van der Waals surface area contributed by atoms with Gasteiger partial charge in [0.25, 0.3) is 5.91 Å². The summed E-state index contributed by atoms with van der Waals surface area (Å²) in [5.74, 6) is 1.11. The molecule has 0 bridgehead atoms. The van der Waals surface area contributed by atoms with Crippen LogP contribution in [0.5, 0.6) is 5.88 Å². The van der Waals surface area contributed by atoms with E-state index in [4.69, 9.17) is 9.47 Å². The van der Waals surface area contributed by atoms with Gasteiger partial charge in [-0.15, -0.1) is 11.3 Å². The molecule has 1 amide bonds. The van der Waals surface area contributed by atoms with E-state index in [2.05, 4.69) is 20.3 Å². The molecule has 5 rings (SSSR count). The van der Waals surface area contributed by atoms with E-state index in [0.717, 1.165) is 27.7 Å². The van der Waals surface area contributed by atoms with Crippen molar-refractivity contribution in [1.82, 2.24) is 19.5 Å². The Bertz CT molecular complexity index is 1480. The van der Waals surface area contributed by atoms with E-state index < -0.39 is 0 Å². The van der Waals surface area contributed by atoms with Gasteiger partial charge in [0.05, 0.1) is 28.4 Å². The molecule has 0 aliphatic carbocycles. The highest BCUT2D eigenvalue weighted by molar-refractivity contribution is 7.20. The maximum absolute atomic E-state index is 13.4. The van der Waals surface area contributed by atoms with Gasteiger partial charge in [-0.1, -0.05) is 30.3 Å². The highest BCUT2D eigenvalue weighted by Gasteiger charge is 2.23. The number of aromatic nitrogens is 4. The van der Waals surface area contributed by atoms with Gasteiger partial charge in [0.15, 0.2) is 5.82 Å². The van der Waals surface area contributed by atoms with Crippen LogP contribution in [0.2, 0.25) is 0 Å². The Morgan fingerprint density at radius 1 is 1.03 bits per heavy atom. The molecule has 1 N–H and O–H groups in total. The summed E-state index contributed by atoms with van der Waals surface area (Å²) in [6.45, 7) is 2.13. The van der Waals surface area contributed by atoms with Crippen LogP contribution in [0.3, 0.4) is 0 Å². The van der Waals surface area contributed by atoms with E-state index >= 15 is 0 Å². The van der Waals surface area contributed by atoms with Gasteiger partial charge in [0.1, 0.15) is 11.4 Å². The van der Waals surface area contributed by atoms with Crippen LogP contribution in [0.1, 0.15) is 21.1 Å². The van der Waals surface area contributed by atoms with Crippen molar-refractivity contribution in [2.45, 2.75) is 13.5 Å². The zero-order chi connectivity index (χ0) is 22.9. The Morgan fingerprint density at radius 2 is 1.79 bits per heavy atom. The standard InChI is InChI=1S/C24H21N5O3S/c1-14-19-22(32-3)26-18(13-31-2)27-23(19)33-20(14)21(30)28-24-25-16-11-7-8-12-17(16)29(24)15-9-5-4-6-10-15/h4-12H,13H2,1-3H3,(H,25,28,30). The molecule has 2 aromatic carbocycles. The van der Waals surface area contributed by atoms with Crippen LogP contribution in [0.4, 0.5) is 5.95 Å². The molecule has 0 atom stereocenters. The monoisotopic (exact) mass is 459 g/mol. The molecule has 0 unspecified atom stereocenters. The molecule has 0 radical (unpaired) electrons. The minimum atomic E-state index is -0.265. The number of anilines is 1. The Balaban J connectivity index is 1.59. The predicted molar refractivity (Wildman–Crippen MR) is 128 cm³/mol. The lowest BCUT2D eigenvalue weighted by Crippen LogP contribution is -2.15. The molecular weight excluding hydrogens is 438 g/mol. The van der Waals surface area contributed by atoms with Gasteiger partial charge < -0.3 is 9.47 Å². The van der Waals surface area contributed by atoms with Crippen LogP contribution in [-0.4, -0.2) is 39.6 Å². The largest absolute Gasteiger partial charge is 0.480 e. The SMILES string of the molecule is COCc1nc(OC)c2c(C)c(C(=O)Nc3nc4ccccc4n3-c3ccccc3)sc2n1. The lowest BCUT2D eigenvalue weighted by molar-refractivity contribution is 0.102. The maximum Gasteiger partial charge on any atom is 0.268 e. The van der Waals surface area contributed by atoms with Gasteiger partial charge in [0.2, 0.25) is 11.8 Å². The summed E-state index contributed by atoms with van der Waals surface area (Å²) in [7, 11) is 3.13. The molecule has 0 saturated carbocycles. The third-order valence-corrected chi connectivity index (χ3v) is 6.46. The number of rotatable bonds is 6. The highest BCUT2D eigenvalue weighted by Crippen LogP contribution is 2.35. The molecule has 33 heavy (non-hydrogen) atoms. The molecule has 0 fully saturated rings. The number of para-hydroxylation sites is 3. The topological polar surface area (TPSA) is 91.2 Å². The van der Waals surface area contributed by atoms with Crippen molar-refractivity contribution >= 4 is 44.4 Å². The summed E-state index contributed by atoms with van der Waals surface area (Å²) in [5, 5.41) is 3.73. The lowest BCUT2D eigenvalue weighted by Gasteiger charge is -2.10. The van der Waals surface area contributed by atoms with E-state index in [-0.39, 0.29) is 12.5 Å². The van der Waals surface area contributed by atoms with Gasteiger partial charge >= 0.3 is 0 Å². The number of fused-ring (bicyclic) bond motifs is 2. The van der Waals surface area contributed by atoms with Gasteiger partial charge in [-0.05, 0) is 36.8 Å². The molecule has 166 valence electrons. The quantitative estimate of drug-likeness (QED) is 0.394. The van der Waals surface area contributed by atoms with Gasteiger partial charge in [-0.3, -0.25) is 14.7 Å². The molecule has 9 heteroatoms. The summed E-state index contributed by atoms with van der Waals surface area (Å²) >= 11 is 1.29. The number of hydrogen-bond acceptors (Lipinski definition) is 7. The molecule has 3 heterocycles. The molecule has 5 aromatic rings. The van der Waals surface area contributed by atoms with Crippen molar-refractivity contribution in [1.29, 1.82) is 0 Å². The summed E-state index contributed by atoms with van der Waals surface area (Å²) in [4.78, 5) is 28.2. The van der Waals surface area contributed by atoms with Gasteiger partial charge in [0, 0.05) is 12.8 Å². The van der Waals surface area contributed by atoms with Crippen molar-refractivity contribution in [3.05, 3.63) is 70.9 Å². The highest BCUT2D eigenvalue weighted by atomic mass is 32.1. The number of aryl methyl sites for hydroxylation is 1. The van der Waals surface area contributed by atoms with Crippen molar-refractivity contribution in [2.24, 2.45) is 0 Å². The number of carbonyl (C=O) groups is 1. The molecular formula is C24H21N5O3S. The number of nitrogens with one attached hydrogen (secondary N) is 1. The maximum atomic E-state index is 13.4. The molecule has 0 spiro atoms. The fourth-order valence-corrected chi connectivity index (χ4v) is 4.89. The second-order valence-electron chi connectivity index (χ2n) is 7.37. The average Bonchev–Trinajstić information content (AvgIpc) is 3.36. The fraction of sp³-hybridized carbons (Fsp3) is 0.167. The number of methoxy groups -OCH3 is 2. The Morgan fingerprint density at radius 3 is 2.55 bits per heavy atom. The number of imidazole rings is 1. The number of nitrogens with zero attached hydrogens (tertiary/aromatic N) is 4. The van der Waals surface area contributed by atoms with Crippen molar-refractivity contribution in [3.63, 3.8) is 0 Å². The molecule has 0 aliphatic heterocycles. The van der Waals surface area contributed by atoms with Crippen molar-refractivity contribution in [2.75, 3.05) is 19.5 Å². The van der Waals surface area contributed by atoms with Crippen LogP contribution in [0, 0.1) is 6.92 Å². The van der Waals surface area contributed by atoms with Crippen LogP contribution < -0.4 is 10.1 Å². The van der Waals surface area contributed by atoms with Gasteiger partial charge in [-0.25, -0.2) is 9.97 Å². The number of thiophene rings is 1. The Labute approximate surface area is 193 Å². The molecule has 8 nitrogen and oxygen atoms in total. The summed E-state index contributed by atoms with van der Waals surface area (Å²) in [5.41, 5.74) is 3.37. The first-order valence-electron chi connectivity index (χ1n) is 10.3. The lowest BCUT2D eigenvalue weighted by atomic mass is 10.2. The first kappa shape index (κ1) is 21.0. The average molecular weight is 460 g/mol. The summed E-state index contributed by atoms with van der Waals surface area (Å²) < 4.78 is 12.6. The zero-order valence-corrected chi connectivity index (χ0v) is 19.1. The second kappa shape index (κ2) is 8.61. The first-order valence-corrected chi connectivity index (χ1v) is 11.1. The number of carbonyl (C=O) groups excluding carboxylic acids is 1. The van der Waals surface area contributed by atoms with E-state index in [1.807, 2.05) is 66.1 Å². The number of amides is 1. The van der Waals surface area contributed by atoms with Crippen LogP contribution in [-0.2, 0) is 11.3 Å². The first-order chi connectivity index (χ1) is 16.1. The predicted octanol–water partition coefficient (Wildman–Crippen LogP) is 4.75. The third-order valence-electron chi connectivity index (χ3n) is 5.28. The smallest absolute Gasteiger partial charge is 0.268 e. The Kier molecular flexibility index (Phi) is 5.49. The van der Waals surface area contributed by atoms with E-state index in [9.17, 15) is 4.79 Å². The minimum Gasteiger partial charge on any atom is -0.480 e. The minimum absolute atomic E-state index is 0.256. The van der Waals surface area contributed by atoms with Crippen LogP contribution in [0.25, 0.3) is 26.9 Å². The van der Waals surface area contributed by atoms with Crippen molar-refractivity contribution in [3.8, 4) is 11.6 Å². The Hall–Kier alpha value is -3.82. The van der Waals surface area contributed by atoms with Crippen LogP contribution >= 0.6 is 11.3 Å². The normalized spacial score (nSPS) is 11.2. The number of hydrogen-bond donors (Lipinski definition) is 1. The second-order valence-corrected chi connectivity index (χ2v) is 8.37. The molecule has 3 aromatic heterocycles.